The molecule has 0 bridgehead atoms. The number of aromatic nitrogens is 1. The third-order valence-electron chi connectivity index (χ3n) is 2.24. The third kappa shape index (κ3) is 3.29. The molecule has 1 aromatic heterocycles. The van der Waals surface area contributed by atoms with Gasteiger partial charge in [0.1, 0.15) is 6.20 Å². The predicted octanol–water partition coefficient (Wildman–Crippen LogP) is 4.24. The highest BCUT2D eigenvalue weighted by Crippen LogP contribution is 2.27. The first-order valence-corrected chi connectivity index (χ1v) is 6.92. The minimum atomic E-state index is 0.466. The van der Waals surface area contributed by atoms with E-state index in [1.54, 1.807) is 6.20 Å². The van der Waals surface area contributed by atoms with Crippen LogP contribution in [-0.4, -0.2) is 16.8 Å². The summed E-state index contributed by atoms with van der Waals surface area (Å²) in [5, 5.41) is 0.585. The molecule has 18 heavy (non-hydrogen) atoms. The quantitative estimate of drug-likeness (QED) is 0.756. The lowest BCUT2D eigenvalue weighted by Gasteiger charge is -2.04. The van der Waals surface area contributed by atoms with Gasteiger partial charge in [-0.2, -0.15) is 0 Å². The minimum Gasteiger partial charge on any atom is -0.464 e. The van der Waals surface area contributed by atoms with Gasteiger partial charge in [0, 0.05) is 15.7 Å². The highest BCUT2D eigenvalue weighted by atomic mass is 32.2. The van der Waals surface area contributed by atoms with E-state index >= 15 is 0 Å². The first kappa shape index (κ1) is 13.0. The molecule has 0 aliphatic heterocycles. The molecule has 0 amide bonds. The summed E-state index contributed by atoms with van der Waals surface area (Å²) in [7, 11) is 0. The summed E-state index contributed by atoms with van der Waals surface area (Å²) in [5.74, 6) is 1.06. The van der Waals surface area contributed by atoms with Gasteiger partial charge in [0.2, 0.25) is 5.89 Å². The first-order chi connectivity index (χ1) is 8.69. The largest absolute Gasteiger partial charge is 0.464 e. The number of benzene rings is 1. The van der Waals surface area contributed by atoms with Crippen LogP contribution < -0.4 is 4.74 Å². The summed E-state index contributed by atoms with van der Waals surface area (Å²) in [6.45, 7) is 6.86. The molecule has 0 radical (unpaired) electrons. The normalized spacial score (nSPS) is 10.9. The summed E-state index contributed by atoms with van der Waals surface area (Å²) in [6.07, 6.45) is 1.61. The van der Waals surface area contributed by atoms with E-state index in [4.69, 9.17) is 9.15 Å². The molecule has 0 unspecified atom stereocenters. The fourth-order valence-electron chi connectivity index (χ4n) is 1.55. The molecule has 2 aromatic rings. The Hall–Kier alpha value is -1.42. The van der Waals surface area contributed by atoms with Crippen LogP contribution in [0.25, 0.3) is 11.5 Å². The van der Waals surface area contributed by atoms with Crippen molar-refractivity contribution in [2.45, 2.75) is 30.9 Å². The number of hydrogen-bond donors (Lipinski definition) is 0. The molecule has 0 N–H and O–H groups in total. The molecular weight excluding hydrogens is 246 g/mol. The van der Waals surface area contributed by atoms with Crippen LogP contribution >= 0.6 is 11.8 Å². The van der Waals surface area contributed by atoms with Crippen LogP contribution in [0.2, 0.25) is 0 Å². The zero-order valence-corrected chi connectivity index (χ0v) is 11.7. The molecule has 3 nitrogen and oxygen atoms in total. The van der Waals surface area contributed by atoms with Crippen molar-refractivity contribution < 1.29 is 9.15 Å². The van der Waals surface area contributed by atoms with Crippen LogP contribution in [-0.2, 0) is 0 Å². The maximum Gasteiger partial charge on any atom is 0.305 e. The Bertz CT molecular complexity index is 491. The van der Waals surface area contributed by atoms with Crippen LogP contribution in [0.4, 0.5) is 0 Å². The lowest BCUT2D eigenvalue weighted by Crippen LogP contribution is -1.88. The molecule has 0 saturated heterocycles. The summed E-state index contributed by atoms with van der Waals surface area (Å²) in [4.78, 5) is 5.45. The Balaban J connectivity index is 2.12. The smallest absolute Gasteiger partial charge is 0.305 e. The van der Waals surface area contributed by atoms with Gasteiger partial charge in [-0.1, -0.05) is 13.8 Å². The van der Waals surface area contributed by atoms with Crippen molar-refractivity contribution in [1.29, 1.82) is 0 Å². The molecular formula is C14H17NO2S. The molecule has 2 rings (SSSR count). The van der Waals surface area contributed by atoms with Crippen molar-refractivity contribution in [2.24, 2.45) is 0 Å². The van der Waals surface area contributed by atoms with Gasteiger partial charge in [-0.15, -0.1) is 11.8 Å². The molecule has 0 spiro atoms. The van der Waals surface area contributed by atoms with Crippen molar-refractivity contribution >= 4 is 11.8 Å². The average Bonchev–Trinajstić information content (AvgIpc) is 2.78. The topological polar surface area (TPSA) is 35.3 Å². The van der Waals surface area contributed by atoms with Crippen molar-refractivity contribution in [3.63, 3.8) is 0 Å². The maximum atomic E-state index is 5.49. The lowest BCUT2D eigenvalue weighted by molar-refractivity contribution is 0.260. The van der Waals surface area contributed by atoms with Gasteiger partial charge in [-0.3, -0.25) is 0 Å². The maximum absolute atomic E-state index is 5.49. The summed E-state index contributed by atoms with van der Waals surface area (Å²) >= 11 is 1.84. The van der Waals surface area contributed by atoms with E-state index < -0.39 is 0 Å². The minimum absolute atomic E-state index is 0.466. The van der Waals surface area contributed by atoms with Crippen LogP contribution in [0, 0.1) is 0 Å². The van der Waals surface area contributed by atoms with Gasteiger partial charge >= 0.3 is 5.95 Å². The van der Waals surface area contributed by atoms with Gasteiger partial charge < -0.3 is 9.15 Å². The second-order valence-electron chi connectivity index (χ2n) is 4.11. The molecule has 0 saturated carbocycles. The second kappa shape index (κ2) is 5.96. The Labute approximate surface area is 112 Å². The van der Waals surface area contributed by atoms with E-state index in [0.717, 1.165) is 5.56 Å². The van der Waals surface area contributed by atoms with Gasteiger partial charge in [-0.05, 0) is 31.2 Å². The summed E-state index contributed by atoms with van der Waals surface area (Å²) in [5.41, 5.74) is 0.967. The standard InChI is InChI=1S/C14H17NO2S/c1-4-16-13-9-15-14(17-13)11-5-7-12(8-6-11)18-10(2)3/h5-10H,4H2,1-3H3. The Kier molecular flexibility index (Phi) is 4.31. The van der Waals surface area contributed by atoms with E-state index in [0.29, 0.717) is 23.7 Å². The van der Waals surface area contributed by atoms with Crippen molar-refractivity contribution in [3.05, 3.63) is 30.5 Å². The van der Waals surface area contributed by atoms with E-state index in [9.17, 15) is 0 Å². The Morgan fingerprint density at radius 3 is 2.61 bits per heavy atom. The number of rotatable bonds is 5. The molecule has 1 heterocycles. The molecule has 0 aliphatic carbocycles. The molecule has 0 aliphatic rings. The van der Waals surface area contributed by atoms with Crippen molar-refractivity contribution in [1.82, 2.24) is 4.98 Å². The van der Waals surface area contributed by atoms with E-state index in [1.165, 1.54) is 4.90 Å². The Morgan fingerprint density at radius 2 is 2.00 bits per heavy atom. The highest BCUT2D eigenvalue weighted by molar-refractivity contribution is 7.99. The van der Waals surface area contributed by atoms with E-state index in [1.807, 2.05) is 30.8 Å². The summed E-state index contributed by atoms with van der Waals surface area (Å²) < 4.78 is 10.7. The number of thioether (sulfide) groups is 1. The zero-order valence-electron chi connectivity index (χ0n) is 10.8. The third-order valence-corrected chi connectivity index (χ3v) is 3.26. The fraction of sp³-hybridized carbons (Fsp3) is 0.357. The lowest BCUT2D eigenvalue weighted by atomic mass is 10.2. The summed E-state index contributed by atoms with van der Waals surface area (Å²) in [6, 6.07) is 8.22. The van der Waals surface area contributed by atoms with Crippen molar-refractivity contribution in [2.75, 3.05) is 6.61 Å². The van der Waals surface area contributed by atoms with Crippen LogP contribution in [0.3, 0.4) is 0 Å². The monoisotopic (exact) mass is 263 g/mol. The van der Waals surface area contributed by atoms with Crippen LogP contribution in [0.1, 0.15) is 20.8 Å². The van der Waals surface area contributed by atoms with Gasteiger partial charge in [-0.25, -0.2) is 4.98 Å². The first-order valence-electron chi connectivity index (χ1n) is 6.04. The van der Waals surface area contributed by atoms with E-state index in [2.05, 4.69) is 31.0 Å². The second-order valence-corrected chi connectivity index (χ2v) is 5.76. The van der Waals surface area contributed by atoms with Gasteiger partial charge in [0.15, 0.2) is 0 Å². The van der Waals surface area contributed by atoms with Crippen LogP contribution in [0.15, 0.2) is 39.8 Å². The van der Waals surface area contributed by atoms with Gasteiger partial charge in [0.05, 0.1) is 6.61 Å². The van der Waals surface area contributed by atoms with E-state index in [-0.39, 0.29) is 0 Å². The average molecular weight is 263 g/mol. The zero-order chi connectivity index (χ0) is 13.0. The predicted molar refractivity (Wildman–Crippen MR) is 74.1 cm³/mol. The molecule has 1 aromatic carbocycles. The fourth-order valence-corrected chi connectivity index (χ4v) is 2.39. The number of ether oxygens (including phenoxy) is 1. The van der Waals surface area contributed by atoms with Crippen molar-refractivity contribution in [3.8, 4) is 17.4 Å². The highest BCUT2D eigenvalue weighted by Gasteiger charge is 2.07. The van der Waals surface area contributed by atoms with Gasteiger partial charge in [0.25, 0.3) is 0 Å². The number of nitrogens with zero attached hydrogens (tertiary/aromatic N) is 1. The Morgan fingerprint density at radius 1 is 1.28 bits per heavy atom. The molecule has 4 heteroatoms. The SMILES string of the molecule is CCOc1cnc(-c2ccc(SC(C)C)cc2)o1. The number of hydrogen-bond acceptors (Lipinski definition) is 4. The number of oxazole rings is 1. The molecule has 0 atom stereocenters. The molecule has 0 fully saturated rings. The molecule has 96 valence electrons. The van der Waals surface area contributed by atoms with Crippen LogP contribution in [0.5, 0.6) is 5.95 Å².